The molecule has 7 nitrogen and oxygen atoms in total. The third kappa shape index (κ3) is 5.52. The second kappa shape index (κ2) is 10.7. The number of rotatable bonds is 6. The van der Waals surface area contributed by atoms with E-state index in [9.17, 15) is 17.6 Å². The highest BCUT2D eigenvalue weighted by atomic mass is 32.2. The number of sulfonamides is 1. The van der Waals surface area contributed by atoms with Crippen molar-refractivity contribution in [2.75, 3.05) is 18.1 Å². The number of amides is 1. The lowest BCUT2D eigenvalue weighted by Crippen LogP contribution is -2.39. The van der Waals surface area contributed by atoms with Crippen molar-refractivity contribution < 1.29 is 17.6 Å². The van der Waals surface area contributed by atoms with E-state index in [2.05, 4.69) is 10.1 Å². The molecule has 1 unspecified atom stereocenters. The highest BCUT2D eigenvalue weighted by Gasteiger charge is 2.29. The maximum Gasteiger partial charge on any atom is 0.280 e. The molecular weight excluding hydrogens is 523 g/mol. The number of aromatic nitrogens is 1. The number of carbonyl (C=O) groups excluding carboxylic acids is 1. The molecule has 1 atom stereocenters. The molecule has 10 heteroatoms. The Hall–Kier alpha value is -3.47. The number of hydrogen-bond acceptors (Lipinski definition) is 6. The highest BCUT2D eigenvalue weighted by molar-refractivity contribution is 7.89. The predicted octanol–water partition coefficient (Wildman–Crippen LogP) is 5.85. The number of aryl methyl sites for hydroxylation is 1. The van der Waals surface area contributed by atoms with E-state index in [4.69, 9.17) is 0 Å². The van der Waals surface area contributed by atoms with E-state index >= 15 is 0 Å². The molecule has 196 valence electrons. The molecule has 0 bridgehead atoms. The number of fused-ring (bicyclic) bond motifs is 1. The SMILES string of the molecule is Cc1ccc(/C=N/N(C(=O)c2ccc(S(=O)(=O)N3CCCC(C)C3)cc2)c2nc3ccc(F)cc3s2)cc1. The van der Waals surface area contributed by atoms with Crippen LogP contribution in [0.2, 0.25) is 0 Å². The number of hydrazone groups is 1. The molecule has 5 rings (SSSR count). The molecule has 1 aliphatic rings. The fourth-order valence-corrected chi connectivity index (χ4v) is 6.89. The van der Waals surface area contributed by atoms with Gasteiger partial charge in [0, 0.05) is 18.7 Å². The van der Waals surface area contributed by atoms with Crippen LogP contribution in [0, 0.1) is 18.7 Å². The van der Waals surface area contributed by atoms with Crippen LogP contribution in [-0.4, -0.2) is 42.9 Å². The zero-order valence-electron chi connectivity index (χ0n) is 21.0. The van der Waals surface area contributed by atoms with Gasteiger partial charge in [-0.05, 0) is 73.7 Å². The number of carbonyl (C=O) groups is 1. The first-order valence-electron chi connectivity index (χ1n) is 12.3. The van der Waals surface area contributed by atoms with Gasteiger partial charge < -0.3 is 0 Å². The molecule has 1 aromatic heterocycles. The zero-order valence-corrected chi connectivity index (χ0v) is 22.7. The average molecular weight is 551 g/mol. The van der Waals surface area contributed by atoms with Crippen LogP contribution in [0.1, 0.15) is 41.3 Å². The minimum Gasteiger partial charge on any atom is -0.267 e. The van der Waals surface area contributed by atoms with Crippen LogP contribution >= 0.6 is 11.3 Å². The lowest BCUT2D eigenvalue weighted by molar-refractivity contribution is 0.0987. The van der Waals surface area contributed by atoms with Gasteiger partial charge >= 0.3 is 0 Å². The first kappa shape index (κ1) is 26.1. The molecule has 1 amide bonds. The summed E-state index contributed by atoms with van der Waals surface area (Å²) in [5.74, 6) is -0.571. The van der Waals surface area contributed by atoms with Crippen LogP contribution in [0.4, 0.5) is 9.52 Å². The summed E-state index contributed by atoms with van der Waals surface area (Å²) in [5.41, 5.74) is 2.68. The van der Waals surface area contributed by atoms with E-state index in [1.54, 1.807) is 12.3 Å². The number of hydrogen-bond donors (Lipinski definition) is 0. The molecule has 3 aromatic carbocycles. The third-order valence-corrected chi connectivity index (χ3v) is 9.34. The van der Waals surface area contributed by atoms with Crippen molar-refractivity contribution in [2.45, 2.75) is 31.6 Å². The lowest BCUT2D eigenvalue weighted by Gasteiger charge is -2.30. The summed E-state index contributed by atoms with van der Waals surface area (Å²) in [7, 11) is -3.65. The van der Waals surface area contributed by atoms with Gasteiger partial charge in [0.2, 0.25) is 15.2 Å². The van der Waals surface area contributed by atoms with Crippen LogP contribution in [0.3, 0.4) is 0 Å². The van der Waals surface area contributed by atoms with Crippen molar-refractivity contribution in [2.24, 2.45) is 11.0 Å². The Morgan fingerprint density at radius 2 is 1.87 bits per heavy atom. The summed E-state index contributed by atoms with van der Waals surface area (Å²) in [6.07, 6.45) is 3.40. The topological polar surface area (TPSA) is 82.9 Å². The van der Waals surface area contributed by atoms with Gasteiger partial charge in [-0.15, -0.1) is 0 Å². The summed E-state index contributed by atoms with van der Waals surface area (Å²) >= 11 is 1.14. The van der Waals surface area contributed by atoms with Crippen molar-refractivity contribution in [1.29, 1.82) is 0 Å². The minimum atomic E-state index is -3.65. The van der Waals surface area contributed by atoms with Crippen LogP contribution < -0.4 is 5.01 Å². The molecule has 0 aliphatic carbocycles. The van der Waals surface area contributed by atoms with Crippen molar-refractivity contribution >= 4 is 48.8 Å². The molecule has 4 aromatic rings. The molecule has 1 aliphatic heterocycles. The molecule has 2 heterocycles. The van der Waals surface area contributed by atoms with Crippen LogP contribution in [0.5, 0.6) is 0 Å². The first-order chi connectivity index (χ1) is 18.2. The number of benzene rings is 3. The third-order valence-electron chi connectivity index (χ3n) is 6.47. The van der Waals surface area contributed by atoms with Crippen LogP contribution in [-0.2, 0) is 10.0 Å². The van der Waals surface area contributed by atoms with Crippen molar-refractivity contribution in [3.63, 3.8) is 0 Å². The smallest absolute Gasteiger partial charge is 0.267 e. The Bertz CT molecular complexity index is 1600. The number of piperidine rings is 1. The summed E-state index contributed by atoms with van der Waals surface area (Å²) in [5, 5.41) is 5.87. The van der Waals surface area contributed by atoms with Gasteiger partial charge in [0.1, 0.15) is 5.82 Å². The number of thiazole rings is 1. The fourth-order valence-electron chi connectivity index (χ4n) is 4.35. The highest BCUT2D eigenvalue weighted by Crippen LogP contribution is 2.31. The Kier molecular flexibility index (Phi) is 7.38. The van der Waals surface area contributed by atoms with Crippen LogP contribution in [0.25, 0.3) is 10.2 Å². The van der Waals surface area contributed by atoms with Gasteiger partial charge in [-0.1, -0.05) is 48.1 Å². The van der Waals surface area contributed by atoms with Crippen LogP contribution in [0.15, 0.2) is 76.7 Å². The van der Waals surface area contributed by atoms with Gasteiger partial charge in [-0.2, -0.15) is 14.4 Å². The largest absolute Gasteiger partial charge is 0.280 e. The van der Waals surface area contributed by atoms with Crippen molar-refractivity contribution in [3.05, 3.63) is 89.2 Å². The normalized spacial score (nSPS) is 16.8. The summed E-state index contributed by atoms with van der Waals surface area (Å²) in [4.78, 5) is 18.3. The molecular formula is C28H27FN4O3S2. The summed E-state index contributed by atoms with van der Waals surface area (Å²) in [6.45, 7) is 5.01. The van der Waals surface area contributed by atoms with Gasteiger partial charge in [-0.3, -0.25) is 4.79 Å². The van der Waals surface area contributed by atoms with E-state index in [1.807, 2.05) is 38.1 Å². The zero-order chi connectivity index (χ0) is 26.9. The first-order valence-corrected chi connectivity index (χ1v) is 14.6. The van der Waals surface area contributed by atoms with E-state index in [-0.39, 0.29) is 15.6 Å². The lowest BCUT2D eigenvalue weighted by atomic mass is 10.0. The van der Waals surface area contributed by atoms with E-state index < -0.39 is 21.7 Å². The Morgan fingerprint density at radius 1 is 1.13 bits per heavy atom. The molecule has 1 saturated heterocycles. The Morgan fingerprint density at radius 3 is 2.58 bits per heavy atom. The van der Waals surface area contributed by atoms with Gasteiger partial charge in [0.05, 0.1) is 21.3 Å². The van der Waals surface area contributed by atoms with E-state index in [1.165, 1.54) is 40.7 Å². The van der Waals surface area contributed by atoms with Gasteiger partial charge in [-0.25, -0.2) is 17.8 Å². The predicted molar refractivity (Wildman–Crippen MR) is 149 cm³/mol. The summed E-state index contributed by atoms with van der Waals surface area (Å²) < 4.78 is 42.2. The molecule has 1 fully saturated rings. The maximum atomic E-state index is 13.8. The monoisotopic (exact) mass is 550 g/mol. The quantitative estimate of drug-likeness (QED) is 0.223. The second-order valence-corrected chi connectivity index (χ2v) is 12.5. The minimum absolute atomic E-state index is 0.147. The molecule has 0 N–H and O–H groups in total. The molecule has 0 saturated carbocycles. The average Bonchev–Trinajstić information content (AvgIpc) is 3.32. The Labute approximate surface area is 225 Å². The number of halogens is 1. The second-order valence-electron chi connectivity index (χ2n) is 9.52. The fraction of sp³-hybridized carbons (Fsp3) is 0.250. The molecule has 0 radical (unpaired) electrons. The maximum absolute atomic E-state index is 13.8. The standard InChI is InChI=1S/C28H27FN4O3S2/c1-19-5-7-21(8-6-19)17-30-33(28-31-25-14-11-23(29)16-26(25)37-28)27(34)22-9-12-24(13-10-22)38(35,36)32-15-3-4-20(2)18-32/h5-14,16-17,20H,3-4,15,18H2,1-2H3/b30-17+. The van der Waals surface area contributed by atoms with Crippen molar-refractivity contribution in [3.8, 4) is 0 Å². The Balaban J connectivity index is 1.47. The van der Waals surface area contributed by atoms with Gasteiger partial charge in [0.15, 0.2) is 0 Å². The van der Waals surface area contributed by atoms with E-state index in [0.717, 1.165) is 40.3 Å². The number of anilines is 1. The van der Waals surface area contributed by atoms with E-state index in [0.29, 0.717) is 29.2 Å². The van der Waals surface area contributed by atoms with Gasteiger partial charge in [0.25, 0.3) is 5.91 Å². The molecule has 0 spiro atoms. The molecule has 38 heavy (non-hydrogen) atoms. The van der Waals surface area contributed by atoms with Crippen molar-refractivity contribution in [1.82, 2.24) is 9.29 Å². The summed E-state index contributed by atoms with van der Waals surface area (Å²) in [6, 6.07) is 17.8. The number of nitrogens with zero attached hydrogens (tertiary/aromatic N) is 4.